The highest BCUT2D eigenvalue weighted by Gasteiger charge is 2.72. The Hall–Kier alpha value is -3.24. The van der Waals surface area contributed by atoms with Crippen LogP contribution in [0.15, 0.2) is 12.1 Å². The SMILES string of the molecule is COC(=O)c1ccc2c(c1O)C(=O)C1C(=O)[C@@]3(O)C(=O)C(C(C)=O)C(=O)C(C(C)C)C3[C@H](O)C1[C@@H]2C. The van der Waals surface area contributed by atoms with Gasteiger partial charge in [-0.1, -0.05) is 26.8 Å². The Kier molecular flexibility index (Phi) is 6.04. The van der Waals surface area contributed by atoms with Crippen LogP contribution in [0.3, 0.4) is 0 Å². The van der Waals surface area contributed by atoms with E-state index in [0.717, 1.165) is 14.0 Å². The minimum absolute atomic E-state index is 0.264. The maximum absolute atomic E-state index is 13.9. The number of hydrogen-bond acceptors (Lipinski definition) is 10. The van der Waals surface area contributed by atoms with E-state index in [0.29, 0.717) is 0 Å². The second-order valence-electron chi connectivity index (χ2n) is 10.4. The zero-order chi connectivity index (χ0) is 27.0. The maximum Gasteiger partial charge on any atom is 0.341 e. The topological polar surface area (TPSA) is 172 Å². The third-order valence-electron chi connectivity index (χ3n) is 8.26. The molecule has 36 heavy (non-hydrogen) atoms. The fourth-order valence-electron chi connectivity index (χ4n) is 6.63. The first-order chi connectivity index (χ1) is 16.7. The molecule has 4 rings (SSSR count). The molecular weight excluding hydrogens is 472 g/mol. The highest BCUT2D eigenvalue weighted by atomic mass is 16.5. The number of ketones is 5. The number of ether oxygens (including phenoxy) is 1. The van der Waals surface area contributed by atoms with Crippen LogP contribution in [0.1, 0.15) is 59.9 Å². The van der Waals surface area contributed by atoms with Crippen molar-refractivity contribution in [3.8, 4) is 5.75 Å². The molecule has 3 aliphatic rings. The van der Waals surface area contributed by atoms with Gasteiger partial charge in [0.25, 0.3) is 0 Å². The van der Waals surface area contributed by atoms with Gasteiger partial charge >= 0.3 is 5.97 Å². The molecular formula is C26H28O10. The van der Waals surface area contributed by atoms with Gasteiger partial charge in [-0.15, -0.1) is 0 Å². The predicted molar refractivity (Wildman–Crippen MR) is 121 cm³/mol. The van der Waals surface area contributed by atoms with Crippen molar-refractivity contribution < 1.29 is 48.8 Å². The Balaban J connectivity index is 1.95. The van der Waals surface area contributed by atoms with E-state index in [2.05, 4.69) is 4.74 Å². The van der Waals surface area contributed by atoms with Gasteiger partial charge in [0.1, 0.15) is 23.0 Å². The molecule has 8 atom stereocenters. The van der Waals surface area contributed by atoms with Crippen LogP contribution in [0.25, 0.3) is 0 Å². The fourth-order valence-corrected chi connectivity index (χ4v) is 6.63. The monoisotopic (exact) mass is 500 g/mol. The normalized spacial score (nSPS) is 35.7. The Labute approximate surface area is 206 Å². The van der Waals surface area contributed by atoms with Crippen LogP contribution in [0, 0.1) is 35.5 Å². The molecule has 2 saturated carbocycles. The van der Waals surface area contributed by atoms with E-state index in [9.17, 15) is 44.1 Å². The number of aliphatic hydroxyl groups is 2. The van der Waals surface area contributed by atoms with Crippen LogP contribution in [0.5, 0.6) is 5.75 Å². The summed E-state index contributed by atoms with van der Waals surface area (Å²) < 4.78 is 4.63. The lowest BCUT2D eigenvalue weighted by Crippen LogP contribution is -2.75. The summed E-state index contributed by atoms with van der Waals surface area (Å²) in [6.45, 7) is 5.85. The number of fused-ring (bicyclic) bond motifs is 3. The van der Waals surface area contributed by atoms with Gasteiger partial charge in [0.2, 0.25) is 0 Å². The fraction of sp³-hybridized carbons (Fsp3) is 0.538. The number of aliphatic hydroxyl groups excluding tert-OH is 1. The number of Topliss-reactive ketones (excluding diaryl/α,β-unsaturated/α-hetero) is 5. The van der Waals surface area contributed by atoms with Crippen molar-refractivity contribution in [3.63, 3.8) is 0 Å². The summed E-state index contributed by atoms with van der Waals surface area (Å²) in [6.07, 6.45) is -1.64. The number of phenols is 1. The number of methoxy groups -OCH3 is 1. The molecule has 0 saturated heterocycles. The number of esters is 1. The van der Waals surface area contributed by atoms with Crippen molar-refractivity contribution in [2.75, 3.05) is 7.11 Å². The maximum atomic E-state index is 13.9. The lowest BCUT2D eigenvalue weighted by atomic mass is 9.47. The first-order valence-electron chi connectivity index (χ1n) is 11.7. The molecule has 0 aromatic heterocycles. The van der Waals surface area contributed by atoms with Crippen LogP contribution in [0.4, 0.5) is 0 Å². The quantitative estimate of drug-likeness (QED) is 0.395. The van der Waals surface area contributed by atoms with Crippen molar-refractivity contribution in [1.29, 1.82) is 0 Å². The first-order valence-corrected chi connectivity index (χ1v) is 11.7. The van der Waals surface area contributed by atoms with Gasteiger partial charge in [-0.2, -0.15) is 0 Å². The molecule has 3 aliphatic carbocycles. The third kappa shape index (κ3) is 3.10. The van der Waals surface area contributed by atoms with Gasteiger partial charge in [0.05, 0.1) is 24.7 Å². The first kappa shape index (κ1) is 25.8. The van der Waals surface area contributed by atoms with Gasteiger partial charge in [0, 0.05) is 17.8 Å². The summed E-state index contributed by atoms with van der Waals surface area (Å²) in [5, 5.41) is 33.9. The molecule has 10 heteroatoms. The van der Waals surface area contributed by atoms with Crippen LogP contribution in [-0.4, -0.2) is 69.0 Å². The molecule has 10 nitrogen and oxygen atoms in total. The number of rotatable bonds is 3. The summed E-state index contributed by atoms with van der Waals surface area (Å²) in [5.41, 5.74) is -3.34. The lowest BCUT2D eigenvalue weighted by Gasteiger charge is -2.55. The molecule has 192 valence electrons. The largest absolute Gasteiger partial charge is 0.506 e. The van der Waals surface area contributed by atoms with Gasteiger partial charge in [-0.05, 0) is 30.4 Å². The van der Waals surface area contributed by atoms with E-state index in [4.69, 9.17) is 0 Å². The van der Waals surface area contributed by atoms with Crippen molar-refractivity contribution in [1.82, 2.24) is 0 Å². The molecule has 0 bridgehead atoms. The molecule has 3 N–H and O–H groups in total. The average molecular weight is 501 g/mol. The van der Waals surface area contributed by atoms with E-state index < -0.39 is 93.8 Å². The number of carbonyl (C=O) groups excluding carboxylic acids is 6. The van der Waals surface area contributed by atoms with Crippen molar-refractivity contribution >= 4 is 34.9 Å². The van der Waals surface area contributed by atoms with E-state index in [1.165, 1.54) is 12.1 Å². The smallest absolute Gasteiger partial charge is 0.341 e. The number of phenolic OH excluding ortho intramolecular Hbond substituents is 1. The molecule has 0 heterocycles. The molecule has 2 fully saturated rings. The van der Waals surface area contributed by atoms with Crippen molar-refractivity contribution in [2.45, 2.75) is 45.3 Å². The minimum atomic E-state index is -2.96. The highest BCUT2D eigenvalue weighted by molar-refractivity contribution is 6.32. The van der Waals surface area contributed by atoms with Gasteiger partial charge in [-0.25, -0.2) is 4.79 Å². The Bertz CT molecular complexity index is 1230. The Morgan fingerprint density at radius 3 is 2.22 bits per heavy atom. The van der Waals surface area contributed by atoms with Gasteiger partial charge in [0.15, 0.2) is 28.7 Å². The summed E-state index contributed by atoms with van der Waals surface area (Å²) in [5.74, 6) is -15.6. The molecule has 0 radical (unpaired) electrons. The highest BCUT2D eigenvalue weighted by Crippen LogP contribution is 2.56. The van der Waals surface area contributed by atoms with Crippen LogP contribution in [-0.2, 0) is 23.9 Å². The summed E-state index contributed by atoms with van der Waals surface area (Å²) in [4.78, 5) is 78.5. The number of aromatic hydroxyl groups is 1. The van der Waals surface area contributed by atoms with Gasteiger partial charge < -0.3 is 20.1 Å². The Morgan fingerprint density at radius 1 is 1.08 bits per heavy atom. The summed E-state index contributed by atoms with van der Waals surface area (Å²) in [6, 6.07) is 2.68. The van der Waals surface area contributed by atoms with Crippen LogP contribution >= 0.6 is 0 Å². The lowest BCUT2D eigenvalue weighted by molar-refractivity contribution is -0.198. The zero-order valence-electron chi connectivity index (χ0n) is 20.5. The number of hydrogen-bond donors (Lipinski definition) is 3. The molecule has 1 aromatic carbocycles. The standard InChI is InChI=1S/C26H28O10/c1-8(2)13-18-22(31)14-9(3)11-6-7-12(25(34)36-5)19(28)16(11)21(30)17(14)24(33)26(18,35)23(32)15(10(4)27)20(13)29/h6-9,13-15,17-18,22,28,31,35H,1-5H3/t9-,13?,14?,15?,17?,18?,22-,26+/m1/s1. The minimum Gasteiger partial charge on any atom is -0.506 e. The van der Waals surface area contributed by atoms with E-state index in [1.54, 1.807) is 20.8 Å². The number of benzene rings is 1. The summed E-state index contributed by atoms with van der Waals surface area (Å²) in [7, 11) is 1.09. The zero-order valence-corrected chi connectivity index (χ0v) is 20.5. The van der Waals surface area contributed by atoms with E-state index >= 15 is 0 Å². The van der Waals surface area contributed by atoms with Gasteiger partial charge in [-0.3, -0.25) is 24.0 Å². The second-order valence-corrected chi connectivity index (χ2v) is 10.4. The molecule has 5 unspecified atom stereocenters. The summed E-state index contributed by atoms with van der Waals surface area (Å²) >= 11 is 0. The third-order valence-corrected chi connectivity index (χ3v) is 8.26. The molecule has 1 aromatic rings. The molecule has 0 aliphatic heterocycles. The average Bonchev–Trinajstić information content (AvgIpc) is 2.80. The van der Waals surface area contributed by atoms with Crippen LogP contribution < -0.4 is 0 Å². The van der Waals surface area contributed by atoms with E-state index in [-0.39, 0.29) is 16.7 Å². The Morgan fingerprint density at radius 2 is 1.69 bits per heavy atom. The van der Waals surface area contributed by atoms with Crippen molar-refractivity contribution in [3.05, 3.63) is 28.8 Å². The predicted octanol–water partition coefficient (Wildman–Crippen LogP) is 0.631. The van der Waals surface area contributed by atoms with Crippen LogP contribution in [0.2, 0.25) is 0 Å². The van der Waals surface area contributed by atoms with Crippen molar-refractivity contribution in [2.24, 2.45) is 35.5 Å². The molecule has 0 spiro atoms. The molecule has 0 amide bonds. The second kappa shape index (κ2) is 8.41. The van der Waals surface area contributed by atoms with E-state index in [1.807, 2.05) is 0 Å². The number of carbonyl (C=O) groups is 6.